The summed E-state index contributed by atoms with van der Waals surface area (Å²) in [5.41, 5.74) is 4.09. The number of benzene rings is 2. The van der Waals surface area contributed by atoms with E-state index in [0.717, 1.165) is 39.9 Å². The fourth-order valence-corrected chi connectivity index (χ4v) is 4.36. The van der Waals surface area contributed by atoms with Gasteiger partial charge in [-0.05, 0) is 50.3 Å². The van der Waals surface area contributed by atoms with E-state index in [4.69, 9.17) is 27.9 Å². The van der Waals surface area contributed by atoms with Crippen LogP contribution in [0.3, 0.4) is 0 Å². The van der Waals surface area contributed by atoms with Crippen molar-refractivity contribution < 1.29 is 4.74 Å². The van der Waals surface area contributed by atoms with E-state index >= 15 is 0 Å². The number of methoxy groups -OCH3 is 1. The third-order valence-electron chi connectivity index (χ3n) is 4.83. The average molecular weight is 459 g/mol. The SMILES string of the molecule is CCN(CC)c1ccc(/C=C/c2nc3nc4cc(Cl)c(Cl)cc4nc3s2)c(OC)c1. The minimum absolute atomic E-state index is 0.452. The lowest BCUT2D eigenvalue weighted by atomic mass is 10.1. The van der Waals surface area contributed by atoms with E-state index in [1.165, 1.54) is 11.3 Å². The lowest BCUT2D eigenvalue weighted by Crippen LogP contribution is -2.21. The number of anilines is 1. The Labute approximate surface area is 188 Å². The molecule has 0 saturated heterocycles. The Hall–Kier alpha value is -2.41. The van der Waals surface area contributed by atoms with E-state index < -0.39 is 0 Å². The second kappa shape index (κ2) is 8.76. The van der Waals surface area contributed by atoms with Gasteiger partial charge in [0.15, 0.2) is 10.5 Å². The zero-order valence-electron chi connectivity index (χ0n) is 16.8. The van der Waals surface area contributed by atoms with Crippen LogP contribution in [-0.4, -0.2) is 35.2 Å². The first-order valence-corrected chi connectivity index (χ1v) is 11.1. The van der Waals surface area contributed by atoms with Crippen molar-refractivity contribution in [2.24, 2.45) is 0 Å². The molecule has 2 aromatic heterocycles. The molecular weight excluding hydrogens is 439 g/mol. The third kappa shape index (κ3) is 4.08. The number of aromatic nitrogens is 3. The van der Waals surface area contributed by atoms with Crippen LogP contribution in [0.2, 0.25) is 10.0 Å². The van der Waals surface area contributed by atoms with Crippen LogP contribution in [0.5, 0.6) is 5.75 Å². The molecule has 4 aromatic rings. The van der Waals surface area contributed by atoms with Gasteiger partial charge in [0, 0.05) is 30.4 Å². The largest absolute Gasteiger partial charge is 0.496 e. The fourth-order valence-electron chi connectivity index (χ4n) is 3.25. The summed E-state index contributed by atoms with van der Waals surface area (Å²) in [6.45, 7) is 6.19. The van der Waals surface area contributed by atoms with Gasteiger partial charge in [-0.3, -0.25) is 0 Å². The molecule has 0 amide bonds. The molecule has 0 aliphatic heterocycles. The molecule has 0 saturated carbocycles. The molecule has 154 valence electrons. The molecular formula is C22H20Cl2N4OS. The number of halogens is 2. The highest BCUT2D eigenvalue weighted by atomic mass is 35.5. The predicted octanol–water partition coefficient (Wildman–Crippen LogP) is 6.57. The number of thiazole rings is 1. The van der Waals surface area contributed by atoms with Crippen LogP contribution >= 0.6 is 34.5 Å². The Kier molecular flexibility index (Phi) is 6.09. The highest BCUT2D eigenvalue weighted by Gasteiger charge is 2.10. The molecule has 0 aliphatic carbocycles. The summed E-state index contributed by atoms with van der Waals surface area (Å²) >= 11 is 13.7. The number of hydrogen-bond acceptors (Lipinski definition) is 6. The van der Waals surface area contributed by atoms with E-state index in [9.17, 15) is 0 Å². The Morgan fingerprint density at radius 2 is 1.67 bits per heavy atom. The second-order valence-corrected chi connectivity index (χ2v) is 8.41. The highest BCUT2D eigenvalue weighted by Crippen LogP contribution is 2.30. The van der Waals surface area contributed by atoms with Crippen molar-refractivity contribution in [3.8, 4) is 5.75 Å². The molecule has 0 atom stereocenters. The highest BCUT2D eigenvalue weighted by molar-refractivity contribution is 7.18. The van der Waals surface area contributed by atoms with Gasteiger partial charge in [-0.1, -0.05) is 34.5 Å². The zero-order valence-corrected chi connectivity index (χ0v) is 19.1. The Bertz CT molecular complexity index is 1190. The molecule has 0 fully saturated rings. The lowest BCUT2D eigenvalue weighted by molar-refractivity contribution is 0.414. The number of nitrogens with zero attached hydrogens (tertiary/aromatic N) is 4. The van der Waals surface area contributed by atoms with Gasteiger partial charge in [-0.25, -0.2) is 15.0 Å². The molecule has 5 nitrogen and oxygen atoms in total. The van der Waals surface area contributed by atoms with E-state index in [1.54, 1.807) is 19.2 Å². The van der Waals surface area contributed by atoms with E-state index in [1.807, 2.05) is 12.2 Å². The average Bonchev–Trinajstić information content (AvgIpc) is 3.14. The summed E-state index contributed by atoms with van der Waals surface area (Å²) in [5.74, 6) is 0.822. The zero-order chi connectivity index (χ0) is 21.3. The summed E-state index contributed by atoms with van der Waals surface area (Å²) in [7, 11) is 1.69. The third-order valence-corrected chi connectivity index (χ3v) is 6.45. The Morgan fingerprint density at radius 1 is 0.967 bits per heavy atom. The van der Waals surface area contributed by atoms with Crippen LogP contribution in [0.25, 0.3) is 33.7 Å². The second-order valence-electron chi connectivity index (χ2n) is 6.59. The van der Waals surface area contributed by atoms with Crippen molar-refractivity contribution in [3.05, 3.63) is 50.9 Å². The van der Waals surface area contributed by atoms with E-state index in [0.29, 0.717) is 26.7 Å². The maximum atomic E-state index is 6.10. The molecule has 0 bridgehead atoms. The molecule has 0 unspecified atom stereocenters. The first-order valence-electron chi connectivity index (χ1n) is 9.56. The maximum absolute atomic E-state index is 6.10. The number of hydrogen-bond donors (Lipinski definition) is 0. The van der Waals surface area contributed by atoms with Crippen molar-refractivity contribution in [1.29, 1.82) is 0 Å². The topological polar surface area (TPSA) is 51.1 Å². The van der Waals surface area contributed by atoms with Crippen molar-refractivity contribution in [2.45, 2.75) is 13.8 Å². The van der Waals surface area contributed by atoms with Gasteiger partial charge < -0.3 is 9.64 Å². The molecule has 0 radical (unpaired) electrons. The lowest BCUT2D eigenvalue weighted by Gasteiger charge is -2.22. The number of ether oxygens (including phenoxy) is 1. The van der Waals surface area contributed by atoms with Crippen molar-refractivity contribution in [2.75, 3.05) is 25.1 Å². The predicted molar refractivity (Wildman–Crippen MR) is 128 cm³/mol. The summed E-state index contributed by atoms with van der Waals surface area (Å²) < 4.78 is 5.60. The molecule has 0 N–H and O–H groups in total. The number of rotatable bonds is 6. The molecule has 0 aliphatic rings. The van der Waals surface area contributed by atoms with Gasteiger partial charge >= 0.3 is 0 Å². The van der Waals surface area contributed by atoms with Gasteiger partial charge in [0.1, 0.15) is 10.8 Å². The van der Waals surface area contributed by atoms with Crippen molar-refractivity contribution in [3.63, 3.8) is 0 Å². The smallest absolute Gasteiger partial charge is 0.190 e. The van der Waals surface area contributed by atoms with E-state index in [-0.39, 0.29) is 0 Å². The van der Waals surface area contributed by atoms with Crippen LogP contribution in [0, 0.1) is 0 Å². The fraction of sp³-hybridized carbons (Fsp3) is 0.227. The Balaban J connectivity index is 1.67. The van der Waals surface area contributed by atoms with Crippen molar-refractivity contribution in [1.82, 2.24) is 15.0 Å². The van der Waals surface area contributed by atoms with Crippen LogP contribution in [0.1, 0.15) is 24.4 Å². The molecule has 30 heavy (non-hydrogen) atoms. The summed E-state index contributed by atoms with van der Waals surface area (Å²) in [4.78, 5) is 16.8. The van der Waals surface area contributed by atoms with Crippen LogP contribution in [-0.2, 0) is 0 Å². The van der Waals surface area contributed by atoms with Gasteiger partial charge in [-0.15, -0.1) is 0 Å². The van der Waals surface area contributed by atoms with Gasteiger partial charge in [0.05, 0.1) is 28.2 Å². The Morgan fingerprint density at radius 3 is 2.33 bits per heavy atom. The summed E-state index contributed by atoms with van der Waals surface area (Å²) in [6.07, 6.45) is 3.95. The first-order chi connectivity index (χ1) is 14.5. The number of fused-ring (bicyclic) bond motifs is 2. The molecule has 0 spiro atoms. The van der Waals surface area contributed by atoms with Crippen molar-refractivity contribution >= 4 is 73.9 Å². The molecule has 2 aromatic carbocycles. The summed E-state index contributed by atoms with van der Waals surface area (Å²) in [6, 6.07) is 9.67. The van der Waals surface area contributed by atoms with Gasteiger partial charge in [-0.2, -0.15) is 0 Å². The quantitative estimate of drug-likeness (QED) is 0.326. The van der Waals surface area contributed by atoms with Crippen LogP contribution < -0.4 is 9.64 Å². The van der Waals surface area contributed by atoms with Gasteiger partial charge in [0.25, 0.3) is 0 Å². The van der Waals surface area contributed by atoms with Crippen LogP contribution in [0.15, 0.2) is 30.3 Å². The van der Waals surface area contributed by atoms with Gasteiger partial charge in [0.2, 0.25) is 0 Å². The molecule has 8 heteroatoms. The minimum atomic E-state index is 0.452. The minimum Gasteiger partial charge on any atom is -0.496 e. The normalized spacial score (nSPS) is 11.6. The molecule has 2 heterocycles. The monoisotopic (exact) mass is 458 g/mol. The van der Waals surface area contributed by atoms with Crippen LogP contribution in [0.4, 0.5) is 5.69 Å². The first kappa shape index (κ1) is 20.8. The summed E-state index contributed by atoms with van der Waals surface area (Å²) in [5, 5.41) is 1.73. The van der Waals surface area contributed by atoms with E-state index in [2.05, 4.69) is 51.9 Å². The standard InChI is InChI=1S/C22H20Cl2N4OS/c1-4-28(5-2)14-8-6-13(19(10-14)29-3)7-9-20-27-21-22(30-20)26-18-12-16(24)15(23)11-17(18)25-21/h6-12H,4-5H2,1-3H3/b9-7+. The maximum Gasteiger partial charge on any atom is 0.190 e. The molecule has 4 rings (SSSR count).